The Morgan fingerprint density at radius 3 is 2.08 bits per heavy atom. The lowest BCUT2D eigenvalue weighted by Crippen LogP contribution is -2.47. The van der Waals surface area contributed by atoms with Crippen molar-refractivity contribution < 1.29 is 18.8 Å². The molecule has 251 valence electrons. The minimum absolute atomic E-state index is 0.261. The molecule has 9 heteroatoms. The van der Waals surface area contributed by atoms with E-state index in [-0.39, 0.29) is 23.8 Å². The molecule has 0 aliphatic carbocycles. The van der Waals surface area contributed by atoms with Crippen LogP contribution in [0.15, 0.2) is 121 Å². The summed E-state index contributed by atoms with van der Waals surface area (Å²) in [6.07, 6.45) is 4.64. The van der Waals surface area contributed by atoms with Gasteiger partial charge < -0.3 is 19.0 Å². The predicted octanol–water partition coefficient (Wildman–Crippen LogP) is 8.20. The smallest absolute Gasteiger partial charge is 0.338 e. The fourth-order valence-corrected chi connectivity index (χ4v) is 8.36. The second kappa shape index (κ2) is 16.3. The van der Waals surface area contributed by atoms with Crippen LogP contribution in [0, 0.1) is 5.41 Å². The van der Waals surface area contributed by atoms with Crippen molar-refractivity contribution in [2.24, 2.45) is 5.41 Å². The van der Waals surface area contributed by atoms with Crippen LogP contribution in [-0.4, -0.2) is 32.1 Å². The van der Waals surface area contributed by atoms with E-state index < -0.39 is 15.1 Å². The molecule has 6 nitrogen and oxygen atoms in total. The number of amides is 1. The molecule has 5 aromatic rings. The van der Waals surface area contributed by atoms with Crippen LogP contribution in [0.2, 0.25) is 10.0 Å². The van der Waals surface area contributed by atoms with E-state index >= 15 is 0 Å². The third kappa shape index (κ3) is 8.99. The zero-order chi connectivity index (χ0) is 35.0. The van der Waals surface area contributed by atoms with E-state index in [2.05, 4.69) is 50.4 Å². The van der Waals surface area contributed by atoms with Crippen LogP contribution < -0.4 is 15.7 Å². The minimum atomic E-state index is -1.69. The van der Waals surface area contributed by atoms with Crippen LogP contribution in [0.5, 0.6) is 0 Å². The van der Waals surface area contributed by atoms with Crippen molar-refractivity contribution in [2.75, 3.05) is 6.61 Å². The predicted molar refractivity (Wildman–Crippen MR) is 200 cm³/mol. The lowest BCUT2D eigenvalue weighted by molar-refractivity contribution is -0.116. The summed E-state index contributed by atoms with van der Waals surface area (Å²) < 4.78 is 14.1. The molecule has 5 rings (SSSR count). The molecule has 1 unspecified atom stereocenters. The number of ether oxygens (including phenoxy) is 1. The Balaban J connectivity index is 1.38. The molecule has 1 radical (unpaired) electrons. The van der Waals surface area contributed by atoms with Gasteiger partial charge in [-0.3, -0.25) is 4.79 Å². The normalized spacial score (nSPS) is 12.3. The molecule has 1 amide bonds. The van der Waals surface area contributed by atoms with E-state index in [9.17, 15) is 9.59 Å². The Morgan fingerprint density at radius 2 is 1.49 bits per heavy atom. The summed E-state index contributed by atoms with van der Waals surface area (Å²) in [5.74, 6) is -0.638. The van der Waals surface area contributed by atoms with E-state index in [1.165, 1.54) is 6.08 Å². The largest absolute Gasteiger partial charge is 0.462 e. The summed E-state index contributed by atoms with van der Waals surface area (Å²) in [5, 5.41) is 6.23. The van der Waals surface area contributed by atoms with Crippen molar-refractivity contribution in [3.63, 3.8) is 0 Å². The van der Waals surface area contributed by atoms with Gasteiger partial charge in [-0.2, -0.15) is 0 Å². The van der Waals surface area contributed by atoms with E-state index in [1.54, 1.807) is 37.3 Å². The first-order chi connectivity index (χ1) is 23.6. The molecule has 1 aromatic heterocycles. The summed E-state index contributed by atoms with van der Waals surface area (Å²) in [6.45, 7) is 8.73. The summed E-state index contributed by atoms with van der Waals surface area (Å²) in [5.41, 5.74) is 3.18. The van der Waals surface area contributed by atoms with Gasteiger partial charge in [-0.1, -0.05) is 117 Å². The van der Waals surface area contributed by atoms with Crippen molar-refractivity contribution in [2.45, 2.75) is 40.3 Å². The molecule has 0 saturated carbocycles. The zero-order valence-electron chi connectivity index (χ0n) is 28.0. The summed E-state index contributed by atoms with van der Waals surface area (Å²) in [4.78, 5) is 24.7. The van der Waals surface area contributed by atoms with Crippen molar-refractivity contribution in [1.29, 1.82) is 0 Å². The lowest BCUT2D eigenvalue weighted by Gasteiger charge is -2.36. The quantitative estimate of drug-likeness (QED) is 0.0806. The van der Waals surface area contributed by atoms with Gasteiger partial charge in [0.05, 0.1) is 35.5 Å². The number of hydrogen-bond acceptors (Lipinski definition) is 4. The molecule has 0 fully saturated rings. The number of carbonyl (C=O) groups is 2. The Morgan fingerprint density at radius 1 is 0.857 bits per heavy atom. The number of carbonyl (C=O) groups excluding carboxylic acids is 2. The van der Waals surface area contributed by atoms with Gasteiger partial charge in [0.15, 0.2) is 0 Å². The van der Waals surface area contributed by atoms with E-state index in [1.807, 2.05) is 71.4 Å². The SMILES string of the molecule is CCOC(=O)c1ccc(C=CC(=O)NCc2cccn2-c2ccc(Cl)c(C(O[Si](c3ccccc3)c3ccccc3)C(C)(C)C)c2Cl)cc1. The van der Waals surface area contributed by atoms with Crippen LogP contribution in [0.25, 0.3) is 11.8 Å². The van der Waals surface area contributed by atoms with Gasteiger partial charge in [0.25, 0.3) is 9.04 Å². The Bertz CT molecular complexity index is 1860. The number of aromatic nitrogens is 1. The van der Waals surface area contributed by atoms with E-state index in [4.69, 9.17) is 32.4 Å². The van der Waals surface area contributed by atoms with Gasteiger partial charge in [-0.05, 0) is 70.7 Å². The molecule has 0 bridgehead atoms. The Kier molecular flexibility index (Phi) is 12.0. The first-order valence-electron chi connectivity index (χ1n) is 16.1. The number of nitrogens with one attached hydrogen (secondary N) is 1. The van der Waals surface area contributed by atoms with Gasteiger partial charge in [0, 0.05) is 28.6 Å². The van der Waals surface area contributed by atoms with E-state index in [0.29, 0.717) is 22.2 Å². The molecular weight excluding hydrogens is 671 g/mol. The van der Waals surface area contributed by atoms with Gasteiger partial charge in [-0.25, -0.2) is 4.79 Å². The fraction of sp³-hybridized carbons (Fsp3) is 0.200. The highest BCUT2D eigenvalue weighted by Crippen LogP contribution is 2.45. The Hall–Kier alpha value is -4.40. The van der Waals surface area contributed by atoms with Crippen molar-refractivity contribution >= 4 is 60.6 Å². The highest BCUT2D eigenvalue weighted by atomic mass is 35.5. The molecule has 0 aliphatic heterocycles. The number of hydrogen-bond donors (Lipinski definition) is 1. The molecule has 0 saturated heterocycles. The summed E-state index contributed by atoms with van der Waals surface area (Å²) in [7, 11) is -1.69. The van der Waals surface area contributed by atoms with E-state index in [0.717, 1.165) is 32.9 Å². The number of rotatable bonds is 12. The maximum atomic E-state index is 12.8. The third-order valence-corrected chi connectivity index (χ3v) is 10.8. The van der Waals surface area contributed by atoms with Crippen LogP contribution in [0.4, 0.5) is 0 Å². The van der Waals surface area contributed by atoms with Crippen molar-refractivity contribution in [3.05, 3.63) is 154 Å². The van der Waals surface area contributed by atoms with Gasteiger partial charge >= 0.3 is 5.97 Å². The highest BCUT2D eigenvalue weighted by Gasteiger charge is 2.36. The average molecular weight is 711 g/mol. The molecule has 1 atom stereocenters. The molecule has 1 heterocycles. The maximum Gasteiger partial charge on any atom is 0.338 e. The van der Waals surface area contributed by atoms with Gasteiger partial charge in [-0.15, -0.1) is 0 Å². The second-order valence-corrected chi connectivity index (χ2v) is 15.3. The van der Waals surface area contributed by atoms with Crippen LogP contribution >= 0.6 is 23.2 Å². The fourth-order valence-electron chi connectivity index (χ4n) is 5.40. The lowest BCUT2D eigenvalue weighted by atomic mass is 9.84. The highest BCUT2D eigenvalue weighted by molar-refractivity contribution is 6.80. The maximum absolute atomic E-state index is 12.8. The number of esters is 1. The first kappa shape index (κ1) is 35.9. The standard InChI is InChI=1S/C40H39Cl2N2O4Si/c1-5-47-39(46)29-21-18-28(19-22-29)20-25-35(45)43-27-30-13-12-26-44(30)34-24-23-33(41)36(37(34)42)38(40(2,3)4)48-49(31-14-8-6-9-15-31)32-16-10-7-11-17-32/h6-26,38H,5,27H2,1-4H3,(H,43,45). The zero-order valence-corrected chi connectivity index (χ0v) is 30.5. The number of nitrogens with zero attached hydrogens (tertiary/aromatic N) is 1. The third-order valence-electron chi connectivity index (χ3n) is 7.85. The van der Waals surface area contributed by atoms with Crippen LogP contribution in [-0.2, 0) is 20.5 Å². The molecule has 49 heavy (non-hydrogen) atoms. The molecular formula is C40H39Cl2N2O4Si. The summed E-state index contributed by atoms with van der Waals surface area (Å²) in [6, 6.07) is 35.1. The first-order valence-corrected chi connectivity index (χ1v) is 18.2. The molecule has 1 N–H and O–H groups in total. The van der Waals surface area contributed by atoms with Crippen molar-refractivity contribution in [3.8, 4) is 5.69 Å². The van der Waals surface area contributed by atoms with Gasteiger partial charge in [0.1, 0.15) is 0 Å². The second-order valence-electron chi connectivity index (χ2n) is 12.5. The number of halogens is 2. The molecule has 0 aliphatic rings. The molecule has 4 aromatic carbocycles. The topological polar surface area (TPSA) is 69.6 Å². The van der Waals surface area contributed by atoms with Gasteiger partial charge in [0.2, 0.25) is 5.91 Å². The molecule has 0 spiro atoms. The monoisotopic (exact) mass is 709 g/mol. The minimum Gasteiger partial charge on any atom is -0.462 e. The number of benzene rings is 4. The Labute approximate surface area is 300 Å². The van der Waals surface area contributed by atoms with Crippen LogP contribution in [0.1, 0.15) is 61.0 Å². The summed E-state index contributed by atoms with van der Waals surface area (Å²) >= 11 is 14.2. The average Bonchev–Trinajstić information content (AvgIpc) is 3.56. The van der Waals surface area contributed by atoms with Crippen LogP contribution in [0.3, 0.4) is 0 Å². The van der Waals surface area contributed by atoms with Crippen molar-refractivity contribution in [1.82, 2.24) is 9.88 Å².